The summed E-state index contributed by atoms with van der Waals surface area (Å²) in [7, 11) is -0.693. The molecule has 1 aromatic carbocycles. The number of nitrogens with two attached hydrogens (primary N) is 1. The van der Waals surface area contributed by atoms with Gasteiger partial charge in [-0.25, -0.2) is 4.39 Å². The van der Waals surface area contributed by atoms with Crippen LogP contribution in [0.5, 0.6) is 5.75 Å². The number of nitrogen functional groups attached to an aromatic ring is 1. The van der Waals surface area contributed by atoms with Gasteiger partial charge in [-0.1, -0.05) is 6.92 Å². The van der Waals surface area contributed by atoms with Crippen LogP contribution in [0.25, 0.3) is 0 Å². The van der Waals surface area contributed by atoms with Gasteiger partial charge in [0.15, 0.2) is 11.6 Å². The Hall–Kier alpha value is -1.30. The minimum atomic E-state index is -0.693. The van der Waals surface area contributed by atoms with Gasteiger partial charge in [-0.05, 0) is 19.3 Å². The van der Waals surface area contributed by atoms with Crippen LogP contribution in [0.3, 0.4) is 0 Å². The molecule has 0 aliphatic carbocycles. The number of anilines is 2. The van der Waals surface area contributed by atoms with E-state index in [1.165, 1.54) is 6.07 Å². The molecule has 1 saturated heterocycles. The number of ether oxygens (including phenoxy) is 1. The minimum Gasteiger partial charge on any atom is -0.490 e. The van der Waals surface area contributed by atoms with Crippen molar-refractivity contribution in [2.75, 3.05) is 29.2 Å². The van der Waals surface area contributed by atoms with E-state index in [0.717, 1.165) is 19.3 Å². The Morgan fingerprint density at radius 3 is 2.80 bits per heavy atom. The van der Waals surface area contributed by atoms with Crippen LogP contribution in [0.1, 0.15) is 26.2 Å². The summed E-state index contributed by atoms with van der Waals surface area (Å²) in [6.07, 6.45) is 2.50. The molecule has 2 rings (SSSR count). The second-order valence-corrected chi connectivity index (χ2v) is 6.68. The first-order chi connectivity index (χ1) is 9.60. The summed E-state index contributed by atoms with van der Waals surface area (Å²) in [6, 6.07) is 3.14. The fourth-order valence-electron chi connectivity index (χ4n) is 2.17. The van der Waals surface area contributed by atoms with E-state index >= 15 is 0 Å². The van der Waals surface area contributed by atoms with Crippen molar-refractivity contribution in [3.63, 3.8) is 0 Å². The van der Waals surface area contributed by atoms with E-state index in [-0.39, 0.29) is 11.8 Å². The van der Waals surface area contributed by atoms with Crippen molar-refractivity contribution in [1.82, 2.24) is 0 Å². The summed E-state index contributed by atoms with van der Waals surface area (Å²) in [5.74, 6) is 1.20. The van der Waals surface area contributed by atoms with Gasteiger partial charge in [-0.2, -0.15) is 0 Å². The lowest BCUT2D eigenvalue weighted by molar-refractivity contribution is 0.301. The Morgan fingerprint density at radius 2 is 2.15 bits per heavy atom. The number of halogens is 1. The van der Waals surface area contributed by atoms with Crippen LogP contribution in [-0.2, 0) is 10.8 Å². The molecule has 0 amide bonds. The first kappa shape index (κ1) is 15.1. The molecule has 6 heteroatoms. The zero-order valence-electron chi connectivity index (χ0n) is 11.7. The number of rotatable bonds is 5. The molecular formula is C14H21FN2O2S. The Balaban J connectivity index is 2.08. The van der Waals surface area contributed by atoms with E-state index in [9.17, 15) is 8.60 Å². The Kier molecular flexibility index (Phi) is 5.23. The van der Waals surface area contributed by atoms with Crippen molar-refractivity contribution in [2.45, 2.75) is 32.2 Å². The third kappa shape index (κ3) is 3.85. The van der Waals surface area contributed by atoms with Gasteiger partial charge in [-0.3, -0.25) is 4.21 Å². The maximum atomic E-state index is 13.7. The highest BCUT2D eigenvalue weighted by atomic mass is 32.2. The van der Waals surface area contributed by atoms with Gasteiger partial charge in [0.25, 0.3) is 0 Å². The molecule has 1 aliphatic heterocycles. The van der Waals surface area contributed by atoms with E-state index < -0.39 is 16.6 Å². The molecule has 112 valence electrons. The lowest BCUT2D eigenvalue weighted by atomic mass is 10.1. The smallest absolute Gasteiger partial charge is 0.167 e. The molecule has 0 spiro atoms. The van der Waals surface area contributed by atoms with Gasteiger partial charge in [-0.15, -0.1) is 0 Å². The van der Waals surface area contributed by atoms with Crippen molar-refractivity contribution in [3.8, 4) is 5.75 Å². The zero-order valence-corrected chi connectivity index (χ0v) is 12.5. The van der Waals surface area contributed by atoms with Gasteiger partial charge in [0.1, 0.15) is 0 Å². The summed E-state index contributed by atoms with van der Waals surface area (Å²) in [4.78, 5) is 0. The molecule has 4 nitrogen and oxygen atoms in total. The van der Waals surface area contributed by atoms with Crippen LogP contribution in [0, 0.1) is 5.82 Å². The predicted octanol–water partition coefficient (Wildman–Crippen LogP) is 2.52. The first-order valence-corrected chi connectivity index (χ1v) is 8.42. The topological polar surface area (TPSA) is 64.3 Å². The summed E-state index contributed by atoms with van der Waals surface area (Å²) in [5.41, 5.74) is 6.91. The van der Waals surface area contributed by atoms with Gasteiger partial charge >= 0.3 is 0 Å². The van der Waals surface area contributed by atoms with Crippen LogP contribution < -0.4 is 15.8 Å². The van der Waals surface area contributed by atoms with Crippen molar-refractivity contribution in [1.29, 1.82) is 0 Å². The molecule has 3 N–H and O–H groups in total. The molecule has 0 aromatic heterocycles. The first-order valence-electron chi connectivity index (χ1n) is 6.93. The standard InChI is InChI=1S/C14H21FN2O2S/c1-2-5-19-14-9-13(12(16)8-11(14)15)17-10-3-6-20(18)7-4-10/h8-10,17H,2-7,16H2,1H3. The Labute approximate surface area is 121 Å². The van der Waals surface area contributed by atoms with Crippen LogP contribution >= 0.6 is 0 Å². The third-order valence-electron chi connectivity index (χ3n) is 3.31. The van der Waals surface area contributed by atoms with Crippen LogP contribution in [0.2, 0.25) is 0 Å². The van der Waals surface area contributed by atoms with Crippen LogP contribution in [-0.4, -0.2) is 28.4 Å². The number of hydrogen-bond donors (Lipinski definition) is 2. The molecule has 1 heterocycles. The van der Waals surface area contributed by atoms with Crippen molar-refractivity contribution < 1.29 is 13.3 Å². The molecule has 0 bridgehead atoms. The van der Waals surface area contributed by atoms with Crippen molar-refractivity contribution >= 4 is 22.2 Å². The predicted molar refractivity (Wildman–Crippen MR) is 81.1 cm³/mol. The molecule has 1 fully saturated rings. The van der Waals surface area contributed by atoms with Gasteiger partial charge in [0.05, 0.1) is 18.0 Å². The summed E-state index contributed by atoms with van der Waals surface area (Å²) >= 11 is 0. The average Bonchev–Trinajstić information content (AvgIpc) is 2.43. The third-order valence-corrected chi connectivity index (χ3v) is 4.70. The molecule has 0 unspecified atom stereocenters. The van der Waals surface area contributed by atoms with Gasteiger partial charge in [0.2, 0.25) is 0 Å². The molecular weight excluding hydrogens is 279 g/mol. The monoisotopic (exact) mass is 300 g/mol. The quantitative estimate of drug-likeness (QED) is 0.820. The van der Waals surface area contributed by atoms with E-state index in [1.807, 2.05) is 6.92 Å². The summed E-state index contributed by atoms with van der Waals surface area (Å²) in [5, 5.41) is 3.31. The van der Waals surface area contributed by atoms with Gasteiger partial charge in [0, 0.05) is 40.5 Å². The fourth-order valence-corrected chi connectivity index (χ4v) is 3.47. The minimum absolute atomic E-state index is 0.225. The number of benzene rings is 1. The lowest BCUT2D eigenvalue weighted by Crippen LogP contribution is -2.29. The molecule has 1 aromatic rings. The maximum absolute atomic E-state index is 13.7. The molecule has 0 radical (unpaired) electrons. The molecule has 1 aliphatic rings. The average molecular weight is 300 g/mol. The number of nitrogens with one attached hydrogen (secondary N) is 1. The highest BCUT2D eigenvalue weighted by molar-refractivity contribution is 7.85. The Morgan fingerprint density at radius 1 is 1.45 bits per heavy atom. The number of hydrogen-bond acceptors (Lipinski definition) is 4. The van der Waals surface area contributed by atoms with Crippen molar-refractivity contribution in [2.24, 2.45) is 0 Å². The van der Waals surface area contributed by atoms with Crippen molar-refractivity contribution in [3.05, 3.63) is 17.9 Å². The lowest BCUT2D eigenvalue weighted by Gasteiger charge is -2.24. The van der Waals surface area contributed by atoms with E-state index in [2.05, 4.69) is 5.32 Å². The maximum Gasteiger partial charge on any atom is 0.167 e. The normalized spacial score (nSPS) is 22.5. The van der Waals surface area contributed by atoms with Crippen LogP contribution in [0.4, 0.5) is 15.8 Å². The highest BCUT2D eigenvalue weighted by Crippen LogP contribution is 2.30. The molecule has 0 atom stereocenters. The van der Waals surface area contributed by atoms with Crippen LogP contribution in [0.15, 0.2) is 12.1 Å². The van der Waals surface area contributed by atoms with E-state index in [4.69, 9.17) is 10.5 Å². The Bertz CT molecular complexity index is 486. The SMILES string of the molecule is CCCOc1cc(NC2CCS(=O)CC2)c(N)cc1F. The highest BCUT2D eigenvalue weighted by Gasteiger charge is 2.19. The largest absolute Gasteiger partial charge is 0.490 e. The summed E-state index contributed by atoms with van der Waals surface area (Å²) < 4.78 is 30.4. The zero-order chi connectivity index (χ0) is 14.5. The molecule has 0 saturated carbocycles. The van der Waals surface area contributed by atoms with Gasteiger partial charge < -0.3 is 15.8 Å². The second kappa shape index (κ2) is 6.92. The second-order valence-electron chi connectivity index (χ2n) is 4.99. The summed E-state index contributed by atoms with van der Waals surface area (Å²) in [6.45, 7) is 2.44. The molecule has 20 heavy (non-hydrogen) atoms. The van der Waals surface area contributed by atoms with E-state index in [1.54, 1.807) is 6.07 Å². The van der Waals surface area contributed by atoms with E-state index in [0.29, 0.717) is 29.5 Å². The fraction of sp³-hybridized carbons (Fsp3) is 0.571.